The van der Waals surface area contributed by atoms with Crippen molar-refractivity contribution >= 4 is 11.8 Å². The molecule has 148 valence electrons. The van der Waals surface area contributed by atoms with Crippen molar-refractivity contribution in [2.24, 2.45) is 0 Å². The van der Waals surface area contributed by atoms with Crippen LogP contribution in [-0.4, -0.2) is 11.8 Å². The lowest BCUT2D eigenvalue weighted by atomic mass is 9.97. The zero-order valence-corrected chi connectivity index (χ0v) is 16.8. The molecule has 0 saturated heterocycles. The van der Waals surface area contributed by atoms with E-state index >= 15 is 0 Å². The first-order valence-electron chi connectivity index (χ1n) is 9.76. The van der Waals surface area contributed by atoms with Crippen molar-refractivity contribution in [3.05, 3.63) is 107 Å². The molecule has 0 radical (unpaired) electrons. The number of amides is 2. The van der Waals surface area contributed by atoms with Gasteiger partial charge in [-0.2, -0.15) is 0 Å². The van der Waals surface area contributed by atoms with Gasteiger partial charge < -0.3 is 10.6 Å². The second-order valence-electron chi connectivity index (χ2n) is 7.19. The van der Waals surface area contributed by atoms with Gasteiger partial charge in [-0.05, 0) is 23.6 Å². The van der Waals surface area contributed by atoms with Crippen molar-refractivity contribution in [1.82, 2.24) is 10.6 Å². The highest BCUT2D eigenvalue weighted by atomic mass is 16.2. The molecule has 3 aromatic carbocycles. The summed E-state index contributed by atoms with van der Waals surface area (Å²) < 4.78 is 0. The van der Waals surface area contributed by atoms with Crippen LogP contribution in [-0.2, 0) is 9.59 Å². The first-order chi connectivity index (χ1) is 14.0. The Labute approximate surface area is 172 Å². The Hall–Kier alpha value is -3.40. The molecule has 0 heterocycles. The van der Waals surface area contributed by atoms with Gasteiger partial charge in [0.2, 0.25) is 11.8 Å². The summed E-state index contributed by atoms with van der Waals surface area (Å²) in [6.07, 6.45) is 0.165. The normalized spacial score (nSPS) is 11.7. The smallest absolute Gasteiger partial charge is 0.223 e. The minimum atomic E-state index is -0.375. The molecule has 0 aromatic heterocycles. The summed E-state index contributed by atoms with van der Waals surface area (Å²) in [6.45, 7) is 3.48. The Bertz CT molecular complexity index is 898. The molecule has 0 bridgehead atoms. The highest BCUT2D eigenvalue weighted by Gasteiger charge is 2.21. The Balaban J connectivity index is 1.80. The predicted molar refractivity (Wildman–Crippen MR) is 115 cm³/mol. The summed E-state index contributed by atoms with van der Waals surface area (Å²) in [5.41, 5.74) is 4.07. The van der Waals surface area contributed by atoms with Gasteiger partial charge in [0.25, 0.3) is 0 Å². The molecule has 1 atom stereocenters. The van der Waals surface area contributed by atoms with Gasteiger partial charge in [0, 0.05) is 6.92 Å². The van der Waals surface area contributed by atoms with Gasteiger partial charge in [0.15, 0.2) is 0 Å². The van der Waals surface area contributed by atoms with Crippen LogP contribution in [0.25, 0.3) is 0 Å². The summed E-state index contributed by atoms with van der Waals surface area (Å²) in [6, 6.07) is 27.0. The van der Waals surface area contributed by atoms with Crippen LogP contribution in [0.1, 0.15) is 47.7 Å². The highest BCUT2D eigenvalue weighted by molar-refractivity contribution is 5.79. The van der Waals surface area contributed by atoms with Gasteiger partial charge in [-0.15, -0.1) is 0 Å². The van der Waals surface area contributed by atoms with E-state index in [1.165, 1.54) is 6.92 Å². The Kier molecular flexibility index (Phi) is 6.80. The Morgan fingerprint density at radius 1 is 0.724 bits per heavy atom. The summed E-state index contributed by atoms with van der Waals surface area (Å²) >= 11 is 0. The zero-order valence-electron chi connectivity index (χ0n) is 16.8. The van der Waals surface area contributed by atoms with Crippen LogP contribution in [0.15, 0.2) is 84.9 Å². The molecule has 1 unspecified atom stereocenters. The van der Waals surface area contributed by atoms with E-state index in [0.717, 1.165) is 22.3 Å². The number of hydrogen-bond acceptors (Lipinski definition) is 2. The van der Waals surface area contributed by atoms with Gasteiger partial charge in [0.1, 0.15) is 0 Å². The number of carbonyl (C=O) groups is 2. The van der Waals surface area contributed by atoms with Crippen molar-refractivity contribution in [2.45, 2.75) is 32.4 Å². The molecule has 2 N–H and O–H groups in total. The Morgan fingerprint density at radius 3 is 1.72 bits per heavy atom. The van der Waals surface area contributed by atoms with E-state index < -0.39 is 0 Å². The van der Waals surface area contributed by atoms with E-state index in [1.54, 1.807) is 0 Å². The summed E-state index contributed by atoms with van der Waals surface area (Å²) in [4.78, 5) is 24.7. The van der Waals surface area contributed by atoms with E-state index in [0.29, 0.717) is 0 Å². The first kappa shape index (κ1) is 20.3. The number of aryl methyl sites for hydroxylation is 1. The lowest BCUT2D eigenvalue weighted by Gasteiger charge is -2.23. The third-order valence-electron chi connectivity index (χ3n) is 4.82. The molecular formula is C25H26N2O2. The minimum Gasteiger partial charge on any atom is -0.349 e. The molecule has 0 aliphatic rings. The van der Waals surface area contributed by atoms with Crippen LogP contribution in [0.4, 0.5) is 0 Å². The molecule has 0 aliphatic heterocycles. The van der Waals surface area contributed by atoms with Gasteiger partial charge >= 0.3 is 0 Å². The number of nitrogens with one attached hydrogen (secondary N) is 2. The number of hydrogen-bond donors (Lipinski definition) is 2. The third-order valence-corrected chi connectivity index (χ3v) is 4.82. The molecule has 4 nitrogen and oxygen atoms in total. The highest BCUT2D eigenvalue weighted by Crippen LogP contribution is 2.23. The molecule has 4 heteroatoms. The average Bonchev–Trinajstić information content (AvgIpc) is 2.73. The van der Waals surface area contributed by atoms with Crippen molar-refractivity contribution in [3.63, 3.8) is 0 Å². The lowest BCUT2D eigenvalue weighted by Crippen LogP contribution is -2.34. The maximum atomic E-state index is 13.0. The van der Waals surface area contributed by atoms with Gasteiger partial charge in [0.05, 0.1) is 18.5 Å². The topological polar surface area (TPSA) is 58.2 Å². The number of carbonyl (C=O) groups excluding carboxylic acids is 2. The molecule has 3 aromatic rings. The van der Waals surface area contributed by atoms with Crippen LogP contribution in [0.3, 0.4) is 0 Å². The van der Waals surface area contributed by atoms with Crippen LogP contribution in [0.5, 0.6) is 0 Å². The average molecular weight is 386 g/mol. The monoisotopic (exact) mass is 386 g/mol. The summed E-state index contributed by atoms with van der Waals surface area (Å²) in [5.74, 6) is -0.284. The number of rotatable bonds is 7. The van der Waals surface area contributed by atoms with Gasteiger partial charge in [-0.3, -0.25) is 9.59 Å². The van der Waals surface area contributed by atoms with Crippen molar-refractivity contribution < 1.29 is 9.59 Å². The lowest BCUT2D eigenvalue weighted by molar-refractivity contribution is -0.123. The molecule has 0 saturated carbocycles. The van der Waals surface area contributed by atoms with E-state index in [4.69, 9.17) is 0 Å². The summed E-state index contributed by atoms with van der Waals surface area (Å²) in [5, 5.41) is 6.04. The SMILES string of the molecule is CC(=O)NC(CC(=O)NC(c1ccccc1)c1ccccc1)c1ccc(C)cc1. The fraction of sp³-hybridized carbons (Fsp3) is 0.200. The molecule has 0 aliphatic carbocycles. The quantitative estimate of drug-likeness (QED) is 0.629. The fourth-order valence-corrected chi connectivity index (χ4v) is 3.35. The molecule has 3 rings (SSSR count). The minimum absolute atomic E-state index is 0.123. The van der Waals surface area contributed by atoms with Gasteiger partial charge in [-0.25, -0.2) is 0 Å². The standard InChI is InChI=1S/C25H26N2O2/c1-18-13-15-20(16-14-18)23(26-19(2)28)17-24(29)27-25(21-9-5-3-6-10-21)22-11-7-4-8-12-22/h3-16,23,25H,17H2,1-2H3,(H,26,28)(H,27,29). The third kappa shape index (κ3) is 5.79. The maximum absolute atomic E-state index is 13.0. The molecule has 2 amide bonds. The predicted octanol–water partition coefficient (Wildman–Crippen LogP) is 4.47. The van der Waals surface area contributed by atoms with E-state index in [2.05, 4.69) is 10.6 Å². The number of benzene rings is 3. The molecule has 0 spiro atoms. The molecule has 0 fully saturated rings. The largest absolute Gasteiger partial charge is 0.349 e. The van der Waals surface area contributed by atoms with Crippen molar-refractivity contribution in [1.29, 1.82) is 0 Å². The fourth-order valence-electron chi connectivity index (χ4n) is 3.35. The molecular weight excluding hydrogens is 360 g/mol. The van der Waals surface area contributed by atoms with Crippen LogP contribution >= 0.6 is 0 Å². The maximum Gasteiger partial charge on any atom is 0.223 e. The van der Waals surface area contributed by atoms with E-state index in [-0.39, 0.29) is 30.3 Å². The van der Waals surface area contributed by atoms with E-state index in [9.17, 15) is 9.59 Å². The molecule has 29 heavy (non-hydrogen) atoms. The Morgan fingerprint density at radius 2 is 1.24 bits per heavy atom. The van der Waals surface area contributed by atoms with Crippen LogP contribution < -0.4 is 10.6 Å². The van der Waals surface area contributed by atoms with Gasteiger partial charge in [-0.1, -0.05) is 90.5 Å². The zero-order chi connectivity index (χ0) is 20.6. The van der Waals surface area contributed by atoms with Crippen LogP contribution in [0.2, 0.25) is 0 Å². The van der Waals surface area contributed by atoms with Crippen molar-refractivity contribution in [3.8, 4) is 0 Å². The van der Waals surface area contributed by atoms with Crippen LogP contribution in [0, 0.1) is 6.92 Å². The second-order valence-corrected chi connectivity index (χ2v) is 7.19. The van der Waals surface area contributed by atoms with Crippen molar-refractivity contribution in [2.75, 3.05) is 0 Å². The van der Waals surface area contributed by atoms with E-state index in [1.807, 2.05) is 91.9 Å². The second kappa shape index (κ2) is 9.69. The summed E-state index contributed by atoms with van der Waals surface area (Å²) in [7, 11) is 0. The first-order valence-corrected chi connectivity index (χ1v) is 9.76.